The Kier molecular flexibility index (Phi) is 5.21. The van der Waals surface area contributed by atoms with Crippen molar-refractivity contribution < 1.29 is 9.18 Å². The predicted molar refractivity (Wildman–Crippen MR) is 126 cm³/mol. The molecule has 2 heterocycles. The fraction of sp³-hybridized carbons (Fsp3) is 0.360. The first kappa shape index (κ1) is 20.7. The molecular formula is C25H28FN5O. The lowest BCUT2D eigenvalue weighted by molar-refractivity contribution is 0.102. The minimum Gasteiger partial charge on any atom is -0.350 e. The zero-order chi connectivity index (χ0) is 22.4. The summed E-state index contributed by atoms with van der Waals surface area (Å²) in [5, 5.41) is 9.01. The predicted octanol–water partition coefficient (Wildman–Crippen LogP) is 5.26. The van der Waals surface area contributed by atoms with Gasteiger partial charge in [-0.15, -0.1) is 0 Å². The van der Waals surface area contributed by atoms with Gasteiger partial charge in [0, 0.05) is 16.8 Å². The molecule has 2 N–H and O–H groups in total. The van der Waals surface area contributed by atoms with Gasteiger partial charge in [-0.3, -0.25) is 9.48 Å². The van der Waals surface area contributed by atoms with E-state index in [9.17, 15) is 9.18 Å². The van der Waals surface area contributed by atoms with Gasteiger partial charge in [0.15, 0.2) is 0 Å². The first-order valence-electron chi connectivity index (χ1n) is 11.1. The third kappa shape index (κ3) is 3.56. The number of rotatable bonds is 4. The highest BCUT2D eigenvalue weighted by atomic mass is 19.1. The van der Waals surface area contributed by atoms with Gasteiger partial charge in [-0.25, -0.2) is 4.39 Å². The van der Waals surface area contributed by atoms with Crippen LogP contribution in [-0.2, 0) is 0 Å². The highest BCUT2D eigenvalue weighted by molar-refractivity contribution is 6.09. The Morgan fingerprint density at radius 3 is 2.66 bits per heavy atom. The Labute approximate surface area is 186 Å². The van der Waals surface area contributed by atoms with Crippen LogP contribution in [0.15, 0.2) is 42.6 Å². The Morgan fingerprint density at radius 1 is 1.16 bits per heavy atom. The summed E-state index contributed by atoms with van der Waals surface area (Å²) >= 11 is 0. The lowest BCUT2D eigenvalue weighted by Gasteiger charge is -2.33. The number of anilines is 1. The van der Waals surface area contributed by atoms with E-state index in [-0.39, 0.29) is 11.7 Å². The average molecular weight is 434 g/mol. The van der Waals surface area contributed by atoms with Crippen molar-refractivity contribution in [2.24, 2.45) is 0 Å². The van der Waals surface area contributed by atoms with Gasteiger partial charge in [0.1, 0.15) is 11.5 Å². The van der Waals surface area contributed by atoms with Crippen LogP contribution in [0, 0.1) is 12.7 Å². The van der Waals surface area contributed by atoms with Gasteiger partial charge in [-0.1, -0.05) is 12.1 Å². The van der Waals surface area contributed by atoms with Crippen LogP contribution >= 0.6 is 0 Å². The molecule has 2 aromatic carbocycles. The molecule has 166 valence electrons. The van der Waals surface area contributed by atoms with E-state index in [1.54, 1.807) is 12.1 Å². The van der Waals surface area contributed by atoms with Crippen molar-refractivity contribution in [2.75, 3.05) is 19.4 Å². The molecule has 0 saturated heterocycles. The zero-order valence-corrected chi connectivity index (χ0v) is 18.7. The molecular weight excluding hydrogens is 405 g/mol. The number of aromatic amines is 1. The van der Waals surface area contributed by atoms with E-state index < -0.39 is 0 Å². The fourth-order valence-corrected chi connectivity index (χ4v) is 4.93. The van der Waals surface area contributed by atoms with Crippen LogP contribution in [0.3, 0.4) is 0 Å². The second-order valence-electron chi connectivity index (χ2n) is 9.04. The molecule has 1 saturated carbocycles. The number of hydrogen-bond donors (Lipinski definition) is 2. The van der Waals surface area contributed by atoms with E-state index in [0.29, 0.717) is 34.4 Å². The van der Waals surface area contributed by atoms with E-state index in [4.69, 9.17) is 0 Å². The second kappa shape index (κ2) is 8.06. The zero-order valence-electron chi connectivity index (χ0n) is 18.7. The summed E-state index contributed by atoms with van der Waals surface area (Å²) in [4.78, 5) is 18.3. The third-order valence-corrected chi connectivity index (χ3v) is 6.83. The molecule has 0 bridgehead atoms. The number of aromatic nitrogens is 3. The largest absolute Gasteiger partial charge is 0.350 e. The van der Waals surface area contributed by atoms with Crippen LogP contribution in [0.1, 0.15) is 47.8 Å². The Balaban J connectivity index is 1.40. The van der Waals surface area contributed by atoms with Crippen molar-refractivity contribution in [3.05, 3.63) is 59.7 Å². The van der Waals surface area contributed by atoms with E-state index in [0.717, 1.165) is 42.1 Å². The number of amides is 1. The molecule has 2 aromatic heterocycles. The minimum absolute atomic E-state index is 0.299. The molecule has 5 rings (SSSR count). The smallest absolute Gasteiger partial charge is 0.272 e. The fourth-order valence-electron chi connectivity index (χ4n) is 4.93. The van der Waals surface area contributed by atoms with Gasteiger partial charge in [-0.05, 0) is 76.5 Å². The monoisotopic (exact) mass is 433 g/mol. The molecule has 4 aromatic rings. The highest BCUT2D eigenvalue weighted by Crippen LogP contribution is 2.34. The van der Waals surface area contributed by atoms with Crippen molar-refractivity contribution in [2.45, 2.75) is 44.7 Å². The SMILES string of the molecule is Cc1ccc(F)c2cc(C(=O)Nc3cccc4c3cnn4[C@H]3CC[C@H](N(C)C)CC3)[nH]c12. The summed E-state index contributed by atoms with van der Waals surface area (Å²) in [7, 11) is 4.29. The Hall–Kier alpha value is -3.19. The minimum atomic E-state index is -0.340. The maximum absolute atomic E-state index is 14.2. The summed E-state index contributed by atoms with van der Waals surface area (Å²) in [5.41, 5.74) is 3.60. The standard InChI is InChI=1S/C25H28FN5O/c1-15-7-12-20(26)18-13-22(28-24(15)18)25(32)29-21-5-4-6-23-19(21)14-27-31(23)17-10-8-16(9-11-17)30(2)3/h4-7,12-14,16-17,28H,8-11H2,1-3H3,(H,29,32)/t16-,17-. The molecule has 1 aliphatic carbocycles. The highest BCUT2D eigenvalue weighted by Gasteiger charge is 2.25. The molecule has 32 heavy (non-hydrogen) atoms. The van der Waals surface area contributed by atoms with Crippen LogP contribution in [0.2, 0.25) is 0 Å². The lowest BCUT2D eigenvalue weighted by atomic mass is 9.90. The van der Waals surface area contributed by atoms with E-state index in [1.165, 1.54) is 6.07 Å². The Morgan fingerprint density at radius 2 is 1.94 bits per heavy atom. The van der Waals surface area contributed by atoms with Gasteiger partial charge in [-0.2, -0.15) is 5.10 Å². The van der Waals surface area contributed by atoms with Crippen molar-refractivity contribution in [1.29, 1.82) is 0 Å². The molecule has 1 fully saturated rings. The number of nitrogens with one attached hydrogen (secondary N) is 2. The molecule has 6 nitrogen and oxygen atoms in total. The number of halogens is 1. The van der Waals surface area contributed by atoms with Gasteiger partial charge >= 0.3 is 0 Å². The van der Waals surface area contributed by atoms with Crippen LogP contribution < -0.4 is 5.32 Å². The second-order valence-corrected chi connectivity index (χ2v) is 9.04. The summed E-state index contributed by atoms with van der Waals surface area (Å²) in [6.07, 6.45) is 6.34. The number of carbonyl (C=O) groups excluding carboxylic acids is 1. The first-order valence-corrected chi connectivity index (χ1v) is 11.1. The quantitative estimate of drug-likeness (QED) is 0.461. The van der Waals surface area contributed by atoms with Gasteiger partial charge < -0.3 is 15.2 Å². The van der Waals surface area contributed by atoms with Crippen LogP contribution in [0.5, 0.6) is 0 Å². The maximum Gasteiger partial charge on any atom is 0.272 e. The van der Waals surface area contributed by atoms with Crippen LogP contribution in [0.4, 0.5) is 10.1 Å². The molecule has 7 heteroatoms. The summed E-state index contributed by atoms with van der Waals surface area (Å²) in [6.45, 7) is 1.89. The number of benzene rings is 2. The van der Waals surface area contributed by atoms with Crippen molar-refractivity contribution >= 4 is 33.4 Å². The number of fused-ring (bicyclic) bond motifs is 2. The topological polar surface area (TPSA) is 66.0 Å². The first-order chi connectivity index (χ1) is 15.4. The number of carbonyl (C=O) groups is 1. The number of hydrogen-bond acceptors (Lipinski definition) is 3. The summed E-state index contributed by atoms with van der Waals surface area (Å²) < 4.78 is 16.3. The van der Waals surface area contributed by atoms with Gasteiger partial charge in [0.05, 0.1) is 29.0 Å². The average Bonchev–Trinajstić information content (AvgIpc) is 3.43. The van der Waals surface area contributed by atoms with Crippen LogP contribution in [0.25, 0.3) is 21.8 Å². The molecule has 1 amide bonds. The number of aryl methyl sites for hydroxylation is 1. The van der Waals surface area contributed by atoms with Crippen molar-refractivity contribution in [3.8, 4) is 0 Å². The van der Waals surface area contributed by atoms with E-state index in [2.05, 4.69) is 45.1 Å². The molecule has 0 aliphatic heterocycles. The molecule has 0 atom stereocenters. The maximum atomic E-state index is 14.2. The van der Waals surface area contributed by atoms with Crippen molar-refractivity contribution in [3.63, 3.8) is 0 Å². The van der Waals surface area contributed by atoms with E-state index >= 15 is 0 Å². The van der Waals surface area contributed by atoms with Gasteiger partial charge in [0.2, 0.25) is 0 Å². The molecule has 0 unspecified atom stereocenters. The van der Waals surface area contributed by atoms with E-state index in [1.807, 2.05) is 25.3 Å². The molecule has 0 spiro atoms. The Bertz CT molecular complexity index is 1260. The van der Waals surface area contributed by atoms with Crippen LogP contribution in [-0.4, -0.2) is 45.7 Å². The number of H-pyrrole nitrogens is 1. The summed E-state index contributed by atoms with van der Waals surface area (Å²) in [6, 6.07) is 11.6. The third-order valence-electron chi connectivity index (χ3n) is 6.83. The molecule has 0 radical (unpaired) electrons. The normalized spacial score (nSPS) is 19.2. The molecule has 1 aliphatic rings. The summed E-state index contributed by atoms with van der Waals surface area (Å²) in [5.74, 6) is -0.639. The number of nitrogens with zero attached hydrogens (tertiary/aromatic N) is 3. The van der Waals surface area contributed by atoms with Crippen molar-refractivity contribution in [1.82, 2.24) is 19.7 Å². The van der Waals surface area contributed by atoms with Gasteiger partial charge in [0.25, 0.3) is 5.91 Å². The lowest BCUT2D eigenvalue weighted by Crippen LogP contribution is -2.33.